The molecule has 90 valence electrons. The molecule has 0 spiro atoms. The second-order valence-electron chi connectivity index (χ2n) is 3.31. The molecule has 0 aliphatic carbocycles. The molecule has 3 nitrogen and oxygen atoms in total. The Morgan fingerprint density at radius 3 is 2.88 bits per heavy atom. The number of hydrogen-bond acceptors (Lipinski definition) is 4. The number of hydrogen-bond donors (Lipinski definition) is 2. The van der Waals surface area contributed by atoms with Crippen LogP contribution in [0.15, 0.2) is 18.2 Å². The minimum atomic E-state index is -0.672. The summed E-state index contributed by atoms with van der Waals surface area (Å²) < 4.78 is 5.10. The number of aliphatic hydroxyl groups is 2. The largest absolute Gasteiger partial charge is 0.497 e. The van der Waals surface area contributed by atoms with Crippen LogP contribution in [-0.4, -0.2) is 35.8 Å². The second-order valence-corrected chi connectivity index (χ2v) is 4.75. The number of halogens is 1. The van der Waals surface area contributed by atoms with Crippen LogP contribution in [0.1, 0.15) is 5.56 Å². The van der Waals surface area contributed by atoms with Gasteiger partial charge in [0.25, 0.3) is 0 Å². The van der Waals surface area contributed by atoms with E-state index in [-0.39, 0.29) is 6.61 Å². The second kappa shape index (κ2) is 7.01. The van der Waals surface area contributed by atoms with Crippen molar-refractivity contribution in [2.45, 2.75) is 11.9 Å². The zero-order chi connectivity index (χ0) is 12.0. The molecule has 0 amide bonds. The van der Waals surface area contributed by atoms with E-state index in [1.54, 1.807) is 19.2 Å². The SMILES string of the molecule is COc1ccc(Cl)c(CSC[C@@H](O)CO)c1. The molecule has 5 heteroatoms. The van der Waals surface area contributed by atoms with E-state index in [1.165, 1.54) is 11.8 Å². The molecule has 1 atom stereocenters. The van der Waals surface area contributed by atoms with Crippen molar-refractivity contribution in [1.29, 1.82) is 0 Å². The molecule has 0 aliphatic heterocycles. The van der Waals surface area contributed by atoms with Crippen LogP contribution in [0.2, 0.25) is 5.02 Å². The molecule has 0 fully saturated rings. The summed E-state index contributed by atoms with van der Waals surface area (Å²) in [5.41, 5.74) is 0.969. The van der Waals surface area contributed by atoms with Crippen LogP contribution in [0.3, 0.4) is 0 Å². The first-order chi connectivity index (χ1) is 7.67. The van der Waals surface area contributed by atoms with E-state index in [4.69, 9.17) is 21.4 Å². The fraction of sp³-hybridized carbons (Fsp3) is 0.455. The highest BCUT2D eigenvalue weighted by Crippen LogP contribution is 2.25. The van der Waals surface area contributed by atoms with Gasteiger partial charge >= 0.3 is 0 Å². The van der Waals surface area contributed by atoms with Gasteiger partial charge in [-0.25, -0.2) is 0 Å². The number of thioether (sulfide) groups is 1. The van der Waals surface area contributed by atoms with Crippen molar-refractivity contribution in [3.8, 4) is 5.75 Å². The van der Waals surface area contributed by atoms with Gasteiger partial charge in [-0.15, -0.1) is 0 Å². The molecule has 1 aromatic carbocycles. The van der Waals surface area contributed by atoms with Crippen LogP contribution in [0.25, 0.3) is 0 Å². The van der Waals surface area contributed by atoms with Crippen molar-refractivity contribution in [2.24, 2.45) is 0 Å². The first kappa shape index (κ1) is 13.6. The van der Waals surface area contributed by atoms with Gasteiger partial charge in [0.2, 0.25) is 0 Å². The minimum absolute atomic E-state index is 0.209. The topological polar surface area (TPSA) is 49.7 Å². The molecular formula is C11H15ClO3S. The summed E-state index contributed by atoms with van der Waals surface area (Å²) in [7, 11) is 1.61. The first-order valence-electron chi connectivity index (χ1n) is 4.86. The van der Waals surface area contributed by atoms with Crippen molar-refractivity contribution >= 4 is 23.4 Å². The summed E-state index contributed by atoms with van der Waals surface area (Å²) in [4.78, 5) is 0. The van der Waals surface area contributed by atoms with E-state index >= 15 is 0 Å². The normalized spacial score (nSPS) is 12.5. The van der Waals surface area contributed by atoms with Crippen LogP contribution >= 0.6 is 23.4 Å². The highest BCUT2D eigenvalue weighted by molar-refractivity contribution is 7.98. The van der Waals surface area contributed by atoms with Gasteiger partial charge in [0.15, 0.2) is 0 Å². The van der Waals surface area contributed by atoms with Gasteiger partial charge in [-0.2, -0.15) is 11.8 Å². The van der Waals surface area contributed by atoms with Gasteiger partial charge < -0.3 is 14.9 Å². The van der Waals surface area contributed by atoms with Gasteiger partial charge in [0, 0.05) is 16.5 Å². The number of aliphatic hydroxyl groups excluding tert-OH is 2. The minimum Gasteiger partial charge on any atom is -0.497 e. The molecule has 0 saturated heterocycles. The Hall–Kier alpha value is -0.420. The molecule has 16 heavy (non-hydrogen) atoms. The molecule has 1 aromatic rings. The highest BCUT2D eigenvalue weighted by Gasteiger charge is 2.05. The predicted octanol–water partition coefficient (Wildman–Crippen LogP) is 1.93. The summed E-state index contributed by atoms with van der Waals surface area (Å²) in [5.74, 6) is 1.94. The molecular weight excluding hydrogens is 248 g/mol. The maximum Gasteiger partial charge on any atom is 0.119 e. The summed E-state index contributed by atoms with van der Waals surface area (Å²) in [6, 6.07) is 5.47. The van der Waals surface area contributed by atoms with Crippen molar-refractivity contribution in [2.75, 3.05) is 19.5 Å². The fourth-order valence-corrected chi connectivity index (χ4v) is 2.36. The summed E-state index contributed by atoms with van der Waals surface area (Å²) >= 11 is 7.54. The number of benzene rings is 1. The standard InChI is InChI=1S/C11H15ClO3S/c1-15-10-2-3-11(12)8(4-10)6-16-7-9(14)5-13/h2-4,9,13-14H,5-7H2,1H3/t9-/m0/s1. The summed E-state index contributed by atoms with van der Waals surface area (Å²) in [6.07, 6.45) is -0.672. The van der Waals surface area contributed by atoms with Gasteiger partial charge in [0.05, 0.1) is 19.8 Å². The smallest absolute Gasteiger partial charge is 0.119 e. The average molecular weight is 263 g/mol. The van der Waals surface area contributed by atoms with Crippen molar-refractivity contribution in [1.82, 2.24) is 0 Å². The van der Waals surface area contributed by atoms with E-state index < -0.39 is 6.10 Å². The lowest BCUT2D eigenvalue weighted by Crippen LogP contribution is -2.14. The number of ether oxygens (including phenoxy) is 1. The average Bonchev–Trinajstić information content (AvgIpc) is 2.31. The molecule has 1 rings (SSSR count). The summed E-state index contributed by atoms with van der Waals surface area (Å²) in [5, 5.41) is 18.5. The Labute approximate surface area is 104 Å². The third-order valence-corrected chi connectivity index (χ3v) is 3.54. The zero-order valence-corrected chi connectivity index (χ0v) is 10.6. The van der Waals surface area contributed by atoms with Crippen molar-refractivity contribution in [3.05, 3.63) is 28.8 Å². The van der Waals surface area contributed by atoms with Crippen molar-refractivity contribution in [3.63, 3.8) is 0 Å². The lowest BCUT2D eigenvalue weighted by molar-refractivity contribution is 0.113. The predicted molar refractivity (Wildman–Crippen MR) is 67.3 cm³/mol. The number of methoxy groups -OCH3 is 1. The van der Waals surface area contributed by atoms with Crippen LogP contribution in [0.5, 0.6) is 5.75 Å². The van der Waals surface area contributed by atoms with Gasteiger partial charge in [-0.1, -0.05) is 11.6 Å². The Balaban J connectivity index is 2.52. The molecule has 0 radical (unpaired) electrons. The Kier molecular flexibility index (Phi) is 5.98. The molecule has 2 N–H and O–H groups in total. The monoisotopic (exact) mass is 262 g/mol. The van der Waals surface area contributed by atoms with Crippen LogP contribution in [0, 0.1) is 0 Å². The van der Waals surface area contributed by atoms with Gasteiger partial charge in [0.1, 0.15) is 5.75 Å². The first-order valence-corrected chi connectivity index (χ1v) is 6.39. The lowest BCUT2D eigenvalue weighted by Gasteiger charge is -2.09. The van der Waals surface area contributed by atoms with Gasteiger partial charge in [-0.3, -0.25) is 0 Å². The van der Waals surface area contributed by atoms with E-state index in [0.717, 1.165) is 11.3 Å². The van der Waals surface area contributed by atoms with E-state index in [0.29, 0.717) is 16.5 Å². The Morgan fingerprint density at radius 1 is 1.50 bits per heavy atom. The van der Waals surface area contributed by atoms with Crippen LogP contribution in [0.4, 0.5) is 0 Å². The Bertz CT molecular complexity index is 333. The third kappa shape index (κ3) is 4.22. The van der Waals surface area contributed by atoms with Crippen molar-refractivity contribution < 1.29 is 14.9 Å². The molecule has 0 unspecified atom stereocenters. The Morgan fingerprint density at radius 2 is 2.25 bits per heavy atom. The molecule has 0 aliphatic rings. The van der Waals surface area contributed by atoms with Crippen LogP contribution < -0.4 is 4.74 Å². The quantitative estimate of drug-likeness (QED) is 0.823. The zero-order valence-electron chi connectivity index (χ0n) is 9.02. The van der Waals surface area contributed by atoms with Crippen LogP contribution in [-0.2, 0) is 5.75 Å². The molecule has 0 aromatic heterocycles. The van der Waals surface area contributed by atoms with E-state index in [1.807, 2.05) is 6.07 Å². The highest BCUT2D eigenvalue weighted by atomic mass is 35.5. The lowest BCUT2D eigenvalue weighted by atomic mass is 10.2. The van der Waals surface area contributed by atoms with E-state index in [2.05, 4.69) is 0 Å². The molecule has 0 saturated carbocycles. The van der Waals surface area contributed by atoms with E-state index in [9.17, 15) is 5.11 Å². The number of rotatable bonds is 6. The summed E-state index contributed by atoms with van der Waals surface area (Å²) in [6.45, 7) is -0.209. The molecule has 0 heterocycles. The maximum absolute atomic E-state index is 9.18. The molecule has 0 bridgehead atoms. The van der Waals surface area contributed by atoms with Gasteiger partial charge in [-0.05, 0) is 23.8 Å². The maximum atomic E-state index is 9.18. The third-order valence-electron chi connectivity index (χ3n) is 2.03. The fourth-order valence-electron chi connectivity index (χ4n) is 1.15.